The molecule has 3 rings (SSSR count). The van der Waals surface area contributed by atoms with Gasteiger partial charge in [0.2, 0.25) is 0 Å². The maximum absolute atomic E-state index is 5.56. The lowest BCUT2D eigenvalue weighted by molar-refractivity contribution is 0.241. The van der Waals surface area contributed by atoms with E-state index in [1.165, 1.54) is 16.9 Å². The number of ether oxygens (including phenoxy) is 3. The Bertz CT molecular complexity index is 677. The molecule has 1 atom stereocenters. The molecule has 2 heterocycles. The van der Waals surface area contributed by atoms with Crippen molar-refractivity contribution in [3.05, 3.63) is 28.8 Å². The molecule has 0 radical (unpaired) electrons. The van der Waals surface area contributed by atoms with Crippen molar-refractivity contribution in [1.82, 2.24) is 15.1 Å². The van der Waals surface area contributed by atoms with Gasteiger partial charge in [0, 0.05) is 11.6 Å². The van der Waals surface area contributed by atoms with E-state index < -0.39 is 0 Å². The molecule has 2 aromatic rings. The van der Waals surface area contributed by atoms with Crippen LogP contribution in [-0.4, -0.2) is 42.5 Å². The van der Waals surface area contributed by atoms with Gasteiger partial charge in [0.15, 0.2) is 0 Å². The van der Waals surface area contributed by atoms with Gasteiger partial charge in [-0.25, -0.2) is 0 Å². The van der Waals surface area contributed by atoms with Crippen LogP contribution in [0, 0.1) is 0 Å². The molecule has 1 aromatic carbocycles. The third-order valence-corrected chi connectivity index (χ3v) is 5.03. The topological polar surface area (TPSA) is 56.7 Å². The molecule has 0 amide bonds. The van der Waals surface area contributed by atoms with E-state index in [1.807, 2.05) is 19.1 Å². The summed E-state index contributed by atoms with van der Waals surface area (Å²) in [6.45, 7) is 4.37. The van der Waals surface area contributed by atoms with Crippen LogP contribution in [0.3, 0.4) is 0 Å². The van der Waals surface area contributed by atoms with Gasteiger partial charge in [0.05, 0.1) is 27.4 Å². The normalized spacial score (nSPS) is 17.9. The van der Waals surface area contributed by atoms with Crippen molar-refractivity contribution in [3.63, 3.8) is 0 Å². The number of likely N-dealkylation sites (tertiary alicyclic amines) is 1. The second-order valence-corrected chi connectivity index (χ2v) is 6.66. The van der Waals surface area contributed by atoms with Gasteiger partial charge in [0.1, 0.15) is 16.5 Å². The molecule has 1 aromatic heterocycles. The molecule has 6 nitrogen and oxygen atoms in total. The van der Waals surface area contributed by atoms with Gasteiger partial charge in [-0.1, -0.05) is 11.3 Å². The Kier molecular flexibility index (Phi) is 5.52. The highest BCUT2D eigenvalue weighted by Gasteiger charge is 2.29. The summed E-state index contributed by atoms with van der Waals surface area (Å²) in [5, 5.41) is 9.95. The maximum Gasteiger partial charge on any atom is 0.294 e. The van der Waals surface area contributed by atoms with Crippen LogP contribution in [0.1, 0.15) is 36.4 Å². The highest BCUT2D eigenvalue weighted by atomic mass is 32.1. The first kappa shape index (κ1) is 17.0. The largest absolute Gasteiger partial charge is 0.497 e. The summed E-state index contributed by atoms with van der Waals surface area (Å²) in [6.07, 6.45) is 2.25. The van der Waals surface area contributed by atoms with Gasteiger partial charge >= 0.3 is 0 Å². The van der Waals surface area contributed by atoms with Crippen LogP contribution in [0.15, 0.2) is 18.2 Å². The number of methoxy groups -OCH3 is 2. The van der Waals surface area contributed by atoms with Crippen molar-refractivity contribution in [3.8, 4) is 16.7 Å². The van der Waals surface area contributed by atoms with Gasteiger partial charge in [-0.05, 0) is 44.5 Å². The van der Waals surface area contributed by atoms with E-state index in [4.69, 9.17) is 14.2 Å². The number of nitrogens with zero attached hydrogens (tertiary/aromatic N) is 3. The van der Waals surface area contributed by atoms with Gasteiger partial charge in [-0.2, -0.15) is 0 Å². The lowest BCUT2D eigenvalue weighted by Gasteiger charge is -2.25. The standard InChI is InChI=1S/C17H23N3O3S/c1-4-23-17-19-18-16(24-17)11-20-9-5-6-14(20)13-10-12(21-2)7-8-15(13)22-3/h7-8,10,14H,4-6,9,11H2,1-3H3/t14-/m1/s1. The molecule has 0 unspecified atom stereocenters. The van der Waals surface area contributed by atoms with Crippen molar-refractivity contribution in [2.75, 3.05) is 27.4 Å². The first-order valence-electron chi connectivity index (χ1n) is 8.16. The lowest BCUT2D eigenvalue weighted by Crippen LogP contribution is -2.23. The van der Waals surface area contributed by atoms with Crippen LogP contribution < -0.4 is 14.2 Å². The van der Waals surface area contributed by atoms with Crippen molar-refractivity contribution >= 4 is 11.3 Å². The third-order valence-electron chi connectivity index (χ3n) is 4.21. The molecule has 130 valence electrons. The molecule has 0 aliphatic carbocycles. The summed E-state index contributed by atoms with van der Waals surface area (Å²) >= 11 is 1.52. The van der Waals surface area contributed by atoms with E-state index in [0.717, 1.165) is 42.4 Å². The van der Waals surface area contributed by atoms with E-state index in [1.54, 1.807) is 14.2 Å². The number of benzene rings is 1. The molecule has 0 bridgehead atoms. The van der Waals surface area contributed by atoms with Crippen molar-refractivity contribution < 1.29 is 14.2 Å². The molecule has 1 aliphatic heterocycles. The Labute approximate surface area is 146 Å². The molecule has 1 aliphatic rings. The zero-order valence-electron chi connectivity index (χ0n) is 14.3. The van der Waals surface area contributed by atoms with Crippen LogP contribution in [0.25, 0.3) is 0 Å². The molecular weight excluding hydrogens is 326 g/mol. The Balaban J connectivity index is 1.79. The van der Waals surface area contributed by atoms with Crippen LogP contribution in [0.5, 0.6) is 16.7 Å². The highest BCUT2D eigenvalue weighted by Crippen LogP contribution is 2.39. The molecule has 7 heteroatoms. The van der Waals surface area contributed by atoms with E-state index in [9.17, 15) is 0 Å². The average molecular weight is 349 g/mol. The van der Waals surface area contributed by atoms with Gasteiger partial charge < -0.3 is 14.2 Å². The summed E-state index contributed by atoms with van der Waals surface area (Å²) in [6, 6.07) is 6.28. The van der Waals surface area contributed by atoms with Gasteiger partial charge in [-0.15, -0.1) is 10.2 Å². The second-order valence-electron chi connectivity index (χ2n) is 5.63. The zero-order chi connectivity index (χ0) is 16.9. The highest BCUT2D eigenvalue weighted by molar-refractivity contribution is 7.13. The predicted octanol–water partition coefficient (Wildman–Crippen LogP) is 3.29. The summed E-state index contributed by atoms with van der Waals surface area (Å²) in [7, 11) is 3.40. The first-order chi connectivity index (χ1) is 11.7. The molecule has 24 heavy (non-hydrogen) atoms. The molecule has 0 spiro atoms. The molecule has 0 N–H and O–H groups in total. The van der Waals surface area contributed by atoms with E-state index >= 15 is 0 Å². The smallest absolute Gasteiger partial charge is 0.294 e. The monoisotopic (exact) mass is 349 g/mol. The molecule has 1 saturated heterocycles. The lowest BCUT2D eigenvalue weighted by atomic mass is 10.0. The number of aromatic nitrogens is 2. The molecule has 1 fully saturated rings. The quantitative estimate of drug-likeness (QED) is 0.764. The van der Waals surface area contributed by atoms with Crippen molar-refractivity contribution in [2.24, 2.45) is 0 Å². The average Bonchev–Trinajstić information content (AvgIpc) is 3.24. The minimum atomic E-state index is 0.300. The van der Waals surface area contributed by atoms with Crippen LogP contribution in [-0.2, 0) is 6.54 Å². The summed E-state index contributed by atoms with van der Waals surface area (Å²) in [4.78, 5) is 2.42. The van der Waals surface area contributed by atoms with Crippen LogP contribution in [0.2, 0.25) is 0 Å². The maximum atomic E-state index is 5.56. The summed E-state index contributed by atoms with van der Waals surface area (Å²) in [5.41, 5.74) is 1.17. The summed E-state index contributed by atoms with van der Waals surface area (Å²) in [5.74, 6) is 1.76. The minimum absolute atomic E-state index is 0.300. The summed E-state index contributed by atoms with van der Waals surface area (Å²) < 4.78 is 16.4. The SMILES string of the molecule is CCOc1nnc(CN2CCC[C@@H]2c2cc(OC)ccc2OC)s1. The van der Waals surface area contributed by atoms with Crippen molar-refractivity contribution in [2.45, 2.75) is 32.4 Å². The Hall–Kier alpha value is -1.86. The number of hydrogen-bond donors (Lipinski definition) is 0. The molecule has 0 saturated carbocycles. The minimum Gasteiger partial charge on any atom is -0.497 e. The second kappa shape index (κ2) is 7.81. The van der Waals surface area contributed by atoms with E-state index in [2.05, 4.69) is 21.2 Å². The number of hydrogen-bond acceptors (Lipinski definition) is 7. The van der Waals surface area contributed by atoms with Gasteiger partial charge in [0.25, 0.3) is 5.19 Å². The fraction of sp³-hybridized carbons (Fsp3) is 0.529. The Morgan fingerprint density at radius 3 is 2.88 bits per heavy atom. The third kappa shape index (κ3) is 3.62. The zero-order valence-corrected chi connectivity index (χ0v) is 15.1. The fourth-order valence-corrected chi connectivity index (χ4v) is 3.90. The van der Waals surface area contributed by atoms with E-state index in [-0.39, 0.29) is 0 Å². The predicted molar refractivity (Wildman–Crippen MR) is 93.0 cm³/mol. The van der Waals surface area contributed by atoms with E-state index in [0.29, 0.717) is 17.8 Å². The van der Waals surface area contributed by atoms with Crippen LogP contribution >= 0.6 is 11.3 Å². The van der Waals surface area contributed by atoms with Gasteiger partial charge in [-0.3, -0.25) is 4.90 Å². The Morgan fingerprint density at radius 2 is 2.12 bits per heavy atom. The Morgan fingerprint density at radius 1 is 1.25 bits per heavy atom. The number of rotatable bonds is 7. The van der Waals surface area contributed by atoms with Crippen LogP contribution in [0.4, 0.5) is 0 Å². The molecular formula is C17H23N3O3S. The fourth-order valence-electron chi connectivity index (χ4n) is 3.13. The van der Waals surface area contributed by atoms with Crippen molar-refractivity contribution in [1.29, 1.82) is 0 Å². The first-order valence-corrected chi connectivity index (χ1v) is 8.98.